The van der Waals surface area contributed by atoms with Crippen molar-refractivity contribution in [3.8, 4) is 0 Å². The minimum absolute atomic E-state index is 0.00463. The van der Waals surface area contributed by atoms with Crippen LogP contribution in [0.5, 0.6) is 0 Å². The predicted molar refractivity (Wildman–Crippen MR) is 76.7 cm³/mol. The van der Waals surface area contributed by atoms with Crippen molar-refractivity contribution in [3.63, 3.8) is 0 Å². The van der Waals surface area contributed by atoms with Crippen LogP contribution >= 0.6 is 15.9 Å². The second-order valence-electron chi connectivity index (χ2n) is 4.99. The van der Waals surface area contributed by atoms with Crippen molar-refractivity contribution in [2.45, 2.75) is 31.1 Å². The smallest absolute Gasteiger partial charge is 0.289 e. The summed E-state index contributed by atoms with van der Waals surface area (Å²) in [5.41, 5.74) is 0. The molecule has 1 aromatic heterocycles. The van der Waals surface area contributed by atoms with Gasteiger partial charge in [-0.15, -0.1) is 0 Å². The highest BCUT2D eigenvalue weighted by atomic mass is 79.9. The van der Waals surface area contributed by atoms with E-state index in [0.717, 1.165) is 19.3 Å². The van der Waals surface area contributed by atoms with E-state index in [1.54, 1.807) is 4.90 Å². The molecule has 2 rings (SSSR count). The van der Waals surface area contributed by atoms with E-state index in [1.807, 2.05) is 6.92 Å². The molecular formula is C12H17BrN2O4S. The first-order valence-corrected chi connectivity index (χ1v) is 8.78. The Kier molecular flexibility index (Phi) is 4.55. The lowest BCUT2D eigenvalue weighted by Crippen LogP contribution is -2.33. The molecule has 2 N–H and O–H groups in total. The van der Waals surface area contributed by atoms with Gasteiger partial charge in [-0.2, -0.15) is 0 Å². The average molecular weight is 365 g/mol. The van der Waals surface area contributed by atoms with Crippen LogP contribution in [0.25, 0.3) is 0 Å². The van der Waals surface area contributed by atoms with Crippen LogP contribution in [-0.2, 0) is 10.0 Å². The van der Waals surface area contributed by atoms with Crippen LogP contribution in [0.3, 0.4) is 0 Å². The molecule has 0 bridgehead atoms. The third-order valence-electron chi connectivity index (χ3n) is 3.13. The Bertz CT molecular complexity index is 607. The van der Waals surface area contributed by atoms with E-state index < -0.39 is 10.0 Å². The summed E-state index contributed by atoms with van der Waals surface area (Å²) in [5.74, 6) is 0.256. The molecule has 0 spiro atoms. The molecule has 1 aliphatic rings. The number of carbonyl (C=O) groups is 1. The molecule has 1 heterocycles. The zero-order valence-corrected chi connectivity index (χ0v) is 13.5. The molecule has 6 nitrogen and oxygen atoms in total. The van der Waals surface area contributed by atoms with Gasteiger partial charge in [-0.05, 0) is 41.1 Å². The second kappa shape index (κ2) is 5.87. The van der Waals surface area contributed by atoms with Crippen LogP contribution in [0.15, 0.2) is 20.0 Å². The van der Waals surface area contributed by atoms with Crippen LogP contribution in [0.2, 0.25) is 0 Å². The lowest BCUT2D eigenvalue weighted by Gasteiger charge is -2.20. The highest BCUT2D eigenvalue weighted by molar-refractivity contribution is 9.10. The quantitative estimate of drug-likeness (QED) is 0.834. The van der Waals surface area contributed by atoms with Gasteiger partial charge in [-0.3, -0.25) is 4.79 Å². The summed E-state index contributed by atoms with van der Waals surface area (Å²) in [6.45, 7) is 3.30. The fourth-order valence-corrected chi connectivity index (χ4v) is 3.47. The molecule has 1 aliphatic carbocycles. The number of hydrogen-bond donors (Lipinski definition) is 1. The maximum atomic E-state index is 12.4. The molecular weight excluding hydrogens is 348 g/mol. The van der Waals surface area contributed by atoms with Gasteiger partial charge in [0.25, 0.3) is 5.91 Å². The molecule has 8 heteroatoms. The fourth-order valence-electron chi connectivity index (χ4n) is 1.97. The molecule has 0 aliphatic heterocycles. The summed E-state index contributed by atoms with van der Waals surface area (Å²) in [4.78, 5) is 13.9. The van der Waals surface area contributed by atoms with Crippen molar-refractivity contribution >= 4 is 31.9 Å². The number of primary sulfonamides is 1. The number of rotatable bonds is 6. The fraction of sp³-hybridized carbons (Fsp3) is 0.583. The first kappa shape index (κ1) is 15.5. The molecule has 0 atom stereocenters. The molecule has 1 saturated carbocycles. The second-order valence-corrected chi connectivity index (χ2v) is 7.24. The molecule has 112 valence electrons. The highest BCUT2D eigenvalue weighted by Crippen LogP contribution is 2.31. The van der Waals surface area contributed by atoms with Gasteiger partial charge in [0.15, 0.2) is 10.4 Å². The number of carbonyl (C=O) groups excluding carboxylic acids is 1. The molecule has 0 unspecified atom stereocenters. The number of nitrogens with two attached hydrogens (primary N) is 1. The normalized spacial score (nSPS) is 15.3. The van der Waals surface area contributed by atoms with E-state index in [2.05, 4.69) is 15.9 Å². The summed E-state index contributed by atoms with van der Waals surface area (Å²) in [5, 5.41) is 5.05. The Morgan fingerprint density at radius 1 is 1.55 bits per heavy atom. The molecule has 0 aromatic carbocycles. The van der Waals surface area contributed by atoms with Gasteiger partial charge in [0.05, 0.1) is 0 Å². The third kappa shape index (κ3) is 3.62. The molecule has 20 heavy (non-hydrogen) atoms. The molecule has 1 aromatic rings. The lowest BCUT2D eigenvalue weighted by molar-refractivity contribution is 0.0714. The summed E-state index contributed by atoms with van der Waals surface area (Å²) in [6.07, 6.45) is 3.11. The Balaban J connectivity index is 2.22. The van der Waals surface area contributed by atoms with Gasteiger partial charge < -0.3 is 9.32 Å². The van der Waals surface area contributed by atoms with Crippen molar-refractivity contribution < 1.29 is 17.6 Å². The summed E-state index contributed by atoms with van der Waals surface area (Å²) in [7, 11) is -3.91. The van der Waals surface area contributed by atoms with Gasteiger partial charge in [-0.1, -0.05) is 6.92 Å². The summed E-state index contributed by atoms with van der Waals surface area (Å²) >= 11 is 2.98. The van der Waals surface area contributed by atoms with E-state index >= 15 is 0 Å². The molecule has 1 amide bonds. The predicted octanol–water partition coefficient (Wildman–Crippen LogP) is 1.95. The van der Waals surface area contributed by atoms with Crippen LogP contribution < -0.4 is 5.14 Å². The van der Waals surface area contributed by atoms with Gasteiger partial charge in [0, 0.05) is 19.2 Å². The average Bonchev–Trinajstić information content (AvgIpc) is 3.07. The third-order valence-corrected chi connectivity index (χ3v) is 4.90. The number of furan rings is 1. The van der Waals surface area contributed by atoms with Gasteiger partial charge in [0.2, 0.25) is 10.0 Å². The van der Waals surface area contributed by atoms with E-state index in [0.29, 0.717) is 19.0 Å². The van der Waals surface area contributed by atoms with E-state index in [4.69, 9.17) is 9.56 Å². The summed E-state index contributed by atoms with van der Waals surface area (Å²) in [6, 6.07) is 1.18. The Morgan fingerprint density at radius 3 is 2.65 bits per heavy atom. The van der Waals surface area contributed by atoms with E-state index in [1.165, 1.54) is 6.07 Å². The first-order chi connectivity index (χ1) is 9.32. The maximum absolute atomic E-state index is 12.4. The zero-order chi connectivity index (χ0) is 14.9. The topological polar surface area (TPSA) is 93.6 Å². The van der Waals surface area contributed by atoms with Crippen molar-refractivity contribution in [2.24, 2.45) is 11.1 Å². The molecule has 1 fully saturated rings. The standard InChI is InChI=1S/C12H17BrN2O4S/c1-2-5-15(7-8-3-4-8)12(16)9-6-10(11(13)19-9)20(14,17)18/h6,8H,2-5,7H2,1H3,(H2,14,17,18). The highest BCUT2D eigenvalue weighted by Gasteiger charge is 2.29. The van der Waals surface area contributed by atoms with Crippen LogP contribution in [-0.4, -0.2) is 32.3 Å². The van der Waals surface area contributed by atoms with Crippen molar-refractivity contribution in [2.75, 3.05) is 13.1 Å². The lowest BCUT2D eigenvalue weighted by atomic mass is 10.3. The Morgan fingerprint density at radius 2 is 2.20 bits per heavy atom. The minimum Gasteiger partial charge on any atom is -0.443 e. The largest absolute Gasteiger partial charge is 0.443 e. The van der Waals surface area contributed by atoms with Gasteiger partial charge in [-0.25, -0.2) is 13.6 Å². The van der Waals surface area contributed by atoms with Gasteiger partial charge >= 0.3 is 0 Å². The number of amides is 1. The van der Waals surface area contributed by atoms with Crippen molar-refractivity contribution in [1.29, 1.82) is 0 Å². The van der Waals surface area contributed by atoms with Crippen LogP contribution in [0.1, 0.15) is 36.7 Å². The number of sulfonamides is 1. The Hall–Kier alpha value is -0.860. The number of hydrogen-bond acceptors (Lipinski definition) is 4. The summed E-state index contributed by atoms with van der Waals surface area (Å²) < 4.78 is 27.8. The Labute approximate surface area is 126 Å². The molecule has 0 radical (unpaired) electrons. The number of halogens is 1. The zero-order valence-electron chi connectivity index (χ0n) is 11.1. The van der Waals surface area contributed by atoms with Gasteiger partial charge in [0.1, 0.15) is 4.90 Å². The van der Waals surface area contributed by atoms with Crippen molar-refractivity contribution in [1.82, 2.24) is 4.90 Å². The maximum Gasteiger partial charge on any atom is 0.289 e. The van der Waals surface area contributed by atoms with E-state index in [-0.39, 0.29) is 21.2 Å². The number of nitrogens with zero attached hydrogens (tertiary/aromatic N) is 1. The minimum atomic E-state index is -3.91. The van der Waals surface area contributed by atoms with Crippen LogP contribution in [0.4, 0.5) is 0 Å². The van der Waals surface area contributed by atoms with Crippen LogP contribution in [0, 0.1) is 5.92 Å². The SMILES string of the molecule is CCCN(CC1CC1)C(=O)c1cc(S(N)(=O)=O)c(Br)o1. The van der Waals surface area contributed by atoms with E-state index in [9.17, 15) is 13.2 Å². The molecule has 0 saturated heterocycles. The van der Waals surface area contributed by atoms with Crippen molar-refractivity contribution in [3.05, 3.63) is 16.5 Å². The first-order valence-electron chi connectivity index (χ1n) is 6.44. The monoisotopic (exact) mass is 364 g/mol.